The van der Waals surface area contributed by atoms with Crippen LogP contribution >= 0.6 is 23.4 Å². The molecular weight excluding hydrogens is 430 g/mol. The molecule has 2 aromatic carbocycles. The number of rotatable bonds is 6. The minimum atomic E-state index is -3.50. The van der Waals surface area contributed by atoms with Crippen LogP contribution in [0, 0.1) is 0 Å². The first-order chi connectivity index (χ1) is 14.0. The smallest absolute Gasteiger partial charge is 0.243 e. The molecule has 0 spiro atoms. The molecule has 1 saturated heterocycles. The number of nitrogens with zero attached hydrogens (tertiary/aromatic N) is 3. The average Bonchev–Trinajstić information content (AvgIpc) is 3.22. The molecule has 0 amide bonds. The van der Waals surface area contributed by atoms with Crippen LogP contribution in [0.2, 0.25) is 5.02 Å². The largest absolute Gasteiger partial charge is 0.379 e. The minimum Gasteiger partial charge on any atom is -0.379 e. The van der Waals surface area contributed by atoms with Crippen molar-refractivity contribution in [2.45, 2.75) is 15.8 Å². The van der Waals surface area contributed by atoms with E-state index in [2.05, 4.69) is 4.98 Å². The van der Waals surface area contributed by atoms with E-state index in [0.717, 1.165) is 16.4 Å². The Morgan fingerprint density at radius 3 is 2.62 bits per heavy atom. The first kappa shape index (κ1) is 20.4. The highest BCUT2D eigenvalue weighted by Crippen LogP contribution is 2.26. The monoisotopic (exact) mass is 449 g/mol. The average molecular weight is 450 g/mol. The maximum atomic E-state index is 12.9. The molecule has 1 fully saturated rings. The summed E-state index contributed by atoms with van der Waals surface area (Å²) in [7, 11) is -3.50. The quantitative estimate of drug-likeness (QED) is 0.535. The number of sulfonamides is 1. The highest BCUT2D eigenvalue weighted by molar-refractivity contribution is 7.98. The molecule has 9 heteroatoms. The molecule has 4 rings (SSSR count). The normalized spacial score (nSPS) is 15.5. The Hall–Kier alpha value is -1.84. The molecule has 1 aliphatic rings. The van der Waals surface area contributed by atoms with Crippen LogP contribution in [0.25, 0.3) is 5.69 Å². The summed E-state index contributed by atoms with van der Waals surface area (Å²) in [5, 5.41) is 1.51. The second kappa shape index (κ2) is 8.89. The van der Waals surface area contributed by atoms with E-state index in [1.54, 1.807) is 36.2 Å². The molecule has 0 radical (unpaired) electrons. The Morgan fingerprint density at radius 2 is 1.86 bits per heavy atom. The van der Waals surface area contributed by atoms with Gasteiger partial charge in [-0.2, -0.15) is 4.31 Å². The van der Waals surface area contributed by atoms with Gasteiger partial charge in [0, 0.05) is 41.9 Å². The van der Waals surface area contributed by atoms with Gasteiger partial charge in [-0.25, -0.2) is 13.4 Å². The van der Waals surface area contributed by atoms with Crippen molar-refractivity contribution in [2.24, 2.45) is 0 Å². The first-order valence-electron chi connectivity index (χ1n) is 9.13. The minimum absolute atomic E-state index is 0.318. The fourth-order valence-electron chi connectivity index (χ4n) is 3.07. The van der Waals surface area contributed by atoms with Crippen LogP contribution in [0.3, 0.4) is 0 Å². The van der Waals surface area contributed by atoms with Gasteiger partial charge in [0.1, 0.15) is 0 Å². The lowest BCUT2D eigenvalue weighted by Crippen LogP contribution is -2.40. The summed E-state index contributed by atoms with van der Waals surface area (Å²) in [5.41, 5.74) is 1.90. The number of hydrogen-bond donors (Lipinski definition) is 0. The van der Waals surface area contributed by atoms with Gasteiger partial charge in [0.25, 0.3) is 0 Å². The number of aromatic nitrogens is 2. The molecule has 0 unspecified atom stereocenters. The molecule has 6 nitrogen and oxygen atoms in total. The lowest BCUT2D eigenvalue weighted by molar-refractivity contribution is 0.0730. The Kier molecular flexibility index (Phi) is 6.26. The van der Waals surface area contributed by atoms with E-state index in [1.165, 1.54) is 4.31 Å². The molecular formula is C20H20ClN3O3S2. The molecule has 0 saturated carbocycles. The van der Waals surface area contributed by atoms with Gasteiger partial charge in [-0.05, 0) is 42.0 Å². The third-order valence-electron chi connectivity index (χ3n) is 4.59. The maximum absolute atomic E-state index is 12.9. The van der Waals surface area contributed by atoms with Gasteiger partial charge >= 0.3 is 0 Å². The summed E-state index contributed by atoms with van der Waals surface area (Å²) in [6, 6.07) is 14.7. The standard InChI is InChI=1S/C20H20ClN3O3S2/c21-17-4-6-18(7-5-17)24-9-8-22-20(24)28-15-16-2-1-3-19(14-16)29(25,26)23-10-12-27-13-11-23/h1-9,14H,10-13,15H2. The van der Waals surface area contributed by atoms with Crippen LogP contribution in [0.4, 0.5) is 0 Å². The molecule has 3 aromatic rings. The summed E-state index contributed by atoms with van der Waals surface area (Å²) < 4.78 is 34.5. The lowest BCUT2D eigenvalue weighted by Gasteiger charge is -2.26. The predicted molar refractivity (Wildman–Crippen MR) is 114 cm³/mol. The molecule has 29 heavy (non-hydrogen) atoms. The van der Waals surface area contributed by atoms with E-state index in [1.807, 2.05) is 41.1 Å². The van der Waals surface area contributed by atoms with E-state index in [4.69, 9.17) is 16.3 Å². The summed E-state index contributed by atoms with van der Waals surface area (Å²) in [5.74, 6) is 0.608. The zero-order valence-electron chi connectivity index (χ0n) is 15.6. The Bertz CT molecular complexity index is 1080. The second-order valence-corrected chi connectivity index (χ2v) is 9.83. The second-order valence-electron chi connectivity index (χ2n) is 6.51. The number of benzene rings is 2. The van der Waals surface area contributed by atoms with Gasteiger partial charge in [0.15, 0.2) is 5.16 Å². The van der Waals surface area contributed by atoms with Gasteiger partial charge < -0.3 is 4.74 Å². The summed E-state index contributed by atoms with van der Waals surface area (Å²) in [4.78, 5) is 4.75. The van der Waals surface area contributed by atoms with E-state index >= 15 is 0 Å². The van der Waals surface area contributed by atoms with Crippen molar-refractivity contribution in [3.05, 3.63) is 71.5 Å². The van der Waals surface area contributed by atoms with Gasteiger partial charge in [0.2, 0.25) is 10.0 Å². The van der Waals surface area contributed by atoms with E-state index in [9.17, 15) is 8.42 Å². The fraction of sp³-hybridized carbons (Fsp3) is 0.250. The van der Waals surface area contributed by atoms with Gasteiger partial charge in [0.05, 0.1) is 18.1 Å². The number of imidazole rings is 1. The van der Waals surface area contributed by atoms with Gasteiger partial charge in [-0.15, -0.1) is 0 Å². The molecule has 152 valence electrons. The molecule has 0 aliphatic carbocycles. The van der Waals surface area contributed by atoms with Crippen molar-refractivity contribution in [2.75, 3.05) is 26.3 Å². The van der Waals surface area contributed by atoms with Crippen LogP contribution < -0.4 is 0 Å². The zero-order chi connectivity index (χ0) is 20.3. The lowest BCUT2D eigenvalue weighted by atomic mass is 10.2. The van der Waals surface area contributed by atoms with E-state index in [-0.39, 0.29) is 0 Å². The molecule has 1 aromatic heterocycles. The van der Waals surface area contributed by atoms with Crippen molar-refractivity contribution in [1.29, 1.82) is 0 Å². The van der Waals surface area contributed by atoms with Crippen LogP contribution in [0.1, 0.15) is 5.56 Å². The van der Waals surface area contributed by atoms with Gasteiger partial charge in [-0.1, -0.05) is 35.5 Å². The van der Waals surface area contributed by atoms with Crippen molar-refractivity contribution in [3.63, 3.8) is 0 Å². The van der Waals surface area contributed by atoms with Crippen molar-refractivity contribution in [1.82, 2.24) is 13.9 Å². The summed E-state index contributed by atoms with van der Waals surface area (Å²) in [6.07, 6.45) is 3.64. The Labute approximate surface area is 179 Å². The number of morpholine rings is 1. The van der Waals surface area contributed by atoms with Crippen molar-refractivity contribution < 1.29 is 13.2 Å². The van der Waals surface area contributed by atoms with E-state index in [0.29, 0.717) is 42.0 Å². The molecule has 1 aliphatic heterocycles. The van der Waals surface area contributed by atoms with Crippen molar-refractivity contribution >= 4 is 33.4 Å². The maximum Gasteiger partial charge on any atom is 0.243 e. The highest BCUT2D eigenvalue weighted by Gasteiger charge is 2.26. The van der Waals surface area contributed by atoms with Crippen molar-refractivity contribution in [3.8, 4) is 5.69 Å². The zero-order valence-corrected chi connectivity index (χ0v) is 18.0. The Balaban J connectivity index is 1.50. The van der Waals surface area contributed by atoms with Crippen LogP contribution in [-0.2, 0) is 20.5 Å². The third-order valence-corrected chi connectivity index (χ3v) is 7.77. The SMILES string of the molecule is O=S(=O)(c1cccc(CSc2nccn2-c2ccc(Cl)cc2)c1)N1CCOCC1. The van der Waals surface area contributed by atoms with Crippen LogP contribution in [0.5, 0.6) is 0 Å². The summed E-state index contributed by atoms with van der Waals surface area (Å²) in [6.45, 7) is 1.64. The molecule has 0 N–H and O–H groups in total. The Morgan fingerprint density at radius 1 is 1.10 bits per heavy atom. The molecule has 2 heterocycles. The first-order valence-corrected chi connectivity index (χ1v) is 11.9. The topological polar surface area (TPSA) is 64.4 Å². The number of thioether (sulfide) groups is 1. The van der Waals surface area contributed by atoms with E-state index < -0.39 is 10.0 Å². The fourth-order valence-corrected chi connectivity index (χ4v) is 5.60. The highest BCUT2D eigenvalue weighted by atomic mass is 35.5. The van der Waals surface area contributed by atoms with Gasteiger partial charge in [-0.3, -0.25) is 4.57 Å². The summed E-state index contributed by atoms with van der Waals surface area (Å²) >= 11 is 7.52. The number of halogens is 1. The number of ether oxygens (including phenoxy) is 1. The molecule has 0 bridgehead atoms. The predicted octanol–water partition coefficient (Wildman–Crippen LogP) is 3.84. The van der Waals surface area contributed by atoms with Crippen LogP contribution in [0.15, 0.2) is 71.0 Å². The van der Waals surface area contributed by atoms with Crippen LogP contribution in [-0.4, -0.2) is 48.6 Å². The third kappa shape index (κ3) is 4.67. The number of hydrogen-bond acceptors (Lipinski definition) is 5. The molecule has 0 atom stereocenters.